The Hall–Kier alpha value is -0.343. The molecule has 15 heavy (non-hydrogen) atoms. The first kappa shape index (κ1) is 14.7. The van der Waals surface area contributed by atoms with Crippen LogP contribution in [0.15, 0.2) is 24.5 Å². The van der Waals surface area contributed by atoms with Crippen LogP contribution in [0, 0.1) is 0 Å². The van der Waals surface area contributed by atoms with Crippen LogP contribution in [-0.2, 0) is 13.5 Å². The Bertz CT molecular complexity index is 294. The summed E-state index contributed by atoms with van der Waals surface area (Å²) < 4.78 is 2.13. The van der Waals surface area contributed by atoms with Gasteiger partial charge in [0, 0.05) is 19.7 Å². The molecule has 1 aromatic heterocycles. The largest absolute Gasteiger partial charge is 1.00 e. The van der Waals surface area contributed by atoms with Crippen LogP contribution < -0.4 is 17.0 Å². The van der Waals surface area contributed by atoms with Crippen LogP contribution in [0.3, 0.4) is 0 Å². The molecule has 0 atom stereocenters. The van der Waals surface area contributed by atoms with Crippen molar-refractivity contribution in [3.05, 3.63) is 30.1 Å². The van der Waals surface area contributed by atoms with E-state index in [1.807, 2.05) is 0 Å². The van der Waals surface area contributed by atoms with Crippen LogP contribution in [0.5, 0.6) is 0 Å². The third-order valence-corrected chi connectivity index (χ3v) is 4.25. The van der Waals surface area contributed by atoms with E-state index in [0.717, 1.165) is 0 Å². The van der Waals surface area contributed by atoms with Crippen LogP contribution in [-0.4, -0.2) is 8.07 Å². The summed E-state index contributed by atoms with van der Waals surface area (Å²) in [7, 11) is 1.25. The smallest absolute Gasteiger partial charge is 0.171 e. The van der Waals surface area contributed by atoms with Gasteiger partial charge in [-0.25, -0.2) is 4.57 Å². The molecule has 0 aliphatic carbocycles. The standard InChI is InChI=1S/C12H22NSi.ClH/c1-13-9-5-7-12(11-13)8-6-10-14(2,3)4;/h5,7,9,11H,6,8,10H2,1-4H3;1H/q+1;/p-1. The number of pyridine rings is 1. The van der Waals surface area contributed by atoms with Gasteiger partial charge in [-0.15, -0.1) is 0 Å². The second-order valence-corrected chi connectivity index (χ2v) is 10.9. The summed E-state index contributed by atoms with van der Waals surface area (Å²) >= 11 is 0. The lowest BCUT2D eigenvalue weighted by Gasteiger charge is -2.14. The van der Waals surface area contributed by atoms with Gasteiger partial charge in [0.25, 0.3) is 0 Å². The molecule has 0 spiro atoms. The zero-order chi connectivity index (χ0) is 10.6. The molecule has 0 aliphatic rings. The van der Waals surface area contributed by atoms with Crippen molar-refractivity contribution in [3.8, 4) is 0 Å². The van der Waals surface area contributed by atoms with Gasteiger partial charge in [0.05, 0.1) is 0 Å². The fourth-order valence-corrected chi connectivity index (χ4v) is 2.86. The molecule has 0 saturated carbocycles. The average Bonchev–Trinajstić information content (AvgIpc) is 2.01. The predicted octanol–water partition coefficient (Wildman–Crippen LogP) is -0.214. The molecule has 0 fully saturated rings. The minimum atomic E-state index is -0.831. The number of hydrogen-bond donors (Lipinski definition) is 0. The fourth-order valence-electron chi connectivity index (χ4n) is 1.62. The lowest BCUT2D eigenvalue weighted by Crippen LogP contribution is -3.00. The van der Waals surface area contributed by atoms with Crippen molar-refractivity contribution in [2.24, 2.45) is 7.05 Å². The normalized spacial score (nSPS) is 10.9. The quantitative estimate of drug-likeness (QED) is 0.509. The molecular weight excluding hydrogens is 222 g/mol. The summed E-state index contributed by atoms with van der Waals surface area (Å²) in [5.74, 6) is 0. The average molecular weight is 244 g/mol. The molecule has 0 amide bonds. The van der Waals surface area contributed by atoms with E-state index in [1.54, 1.807) is 0 Å². The van der Waals surface area contributed by atoms with Crippen molar-refractivity contribution in [2.45, 2.75) is 38.5 Å². The number of hydrogen-bond acceptors (Lipinski definition) is 0. The van der Waals surface area contributed by atoms with Crippen molar-refractivity contribution in [3.63, 3.8) is 0 Å². The summed E-state index contributed by atoms with van der Waals surface area (Å²) in [6, 6.07) is 5.79. The molecular formula is C12H22ClNSi. The zero-order valence-electron chi connectivity index (χ0n) is 10.3. The van der Waals surface area contributed by atoms with Gasteiger partial charge in [-0.3, -0.25) is 0 Å². The second-order valence-electron chi connectivity index (χ2n) is 5.29. The van der Waals surface area contributed by atoms with E-state index >= 15 is 0 Å². The number of halogens is 1. The third kappa shape index (κ3) is 6.69. The molecule has 1 aromatic rings. The molecule has 0 bridgehead atoms. The van der Waals surface area contributed by atoms with Crippen LogP contribution in [0.25, 0.3) is 0 Å². The fraction of sp³-hybridized carbons (Fsp3) is 0.583. The summed E-state index contributed by atoms with van der Waals surface area (Å²) in [5.41, 5.74) is 1.47. The topological polar surface area (TPSA) is 3.88 Å². The lowest BCUT2D eigenvalue weighted by atomic mass is 10.2. The van der Waals surface area contributed by atoms with E-state index in [-0.39, 0.29) is 12.4 Å². The first-order chi connectivity index (χ1) is 6.47. The van der Waals surface area contributed by atoms with Crippen LogP contribution in [0.4, 0.5) is 0 Å². The summed E-state index contributed by atoms with van der Waals surface area (Å²) in [6.45, 7) is 7.33. The molecule has 0 aliphatic heterocycles. The lowest BCUT2D eigenvalue weighted by molar-refractivity contribution is -0.671. The molecule has 1 nitrogen and oxygen atoms in total. The molecule has 0 unspecified atom stereocenters. The van der Waals surface area contributed by atoms with Gasteiger partial charge >= 0.3 is 0 Å². The van der Waals surface area contributed by atoms with Crippen molar-refractivity contribution in [1.29, 1.82) is 0 Å². The minimum Gasteiger partial charge on any atom is -1.00 e. The van der Waals surface area contributed by atoms with Crippen LogP contribution in [0.2, 0.25) is 25.7 Å². The molecule has 0 radical (unpaired) electrons. The van der Waals surface area contributed by atoms with Gasteiger partial charge < -0.3 is 12.4 Å². The van der Waals surface area contributed by atoms with Gasteiger partial charge in [0.15, 0.2) is 12.4 Å². The Kier molecular flexibility index (Phi) is 6.14. The van der Waals surface area contributed by atoms with E-state index in [4.69, 9.17) is 0 Å². The second kappa shape index (κ2) is 6.29. The van der Waals surface area contributed by atoms with Gasteiger partial charge in [0.1, 0.15) is 7.05 Å². The Morgan fingerprint density at radius 1 is 1.27 bits per heavy atom. The van der Waals surface area contributed by atoms with Crippen molar-refractivity contribution < 1.29 is 17.0 Å². The van der Waals surface area contributed by atoms with E-state index in [1.165, 1.54) is 24.4 Å². The molecule has 1 rings (SSSR count). The number of nitrogens with zero attached hydrogens (tertiary/aromatic N) is 1. The summed E-state index contributed by atoms with van der Waals surface area (Å²) in [6.07, 6.45) is 6.89. The Morgan fingerprint density at radius 3 is 2.47 bits per heavy atom. The van der Waals surface area contributed by atoms with Crippen LogP contribution in [0.1, 0.15) is 12.0 Å². The maximum absolute atomic E-state index is 2.44. The molecule has 3 heteroatoms. The van der Waals surface area contributed by atoms with Crippen LogP contribution >= 0.6 is 0 Å². The molecule has 0 N–H and O–H groups in total. The number of aromatic nitrogens is 1. The van der Waals surface area contributed by atoms with Gasteiger partial charge in [-0.05, 0) is 12.5 Å². The van der Waals surface area contributed by atoms with Gasteiger partial charge in [-0.1, -0.05) is 32.1 Å². The maximum Gasteiger partial charge on any atom is 0.171 e. The summed E-state index contributed by atoms with van der Waals surface area (Å²) in [4.78, 5) is 0. The van der Waals surface area contributed by atoms with E-state index in [0.29, 0.717) is 0 Å². The molecule has 1 heterocycles. The van der Waals surface area contributed by atoms with Crippen molar-refractivity contribution in [1.82, 2.24) is 0 Å². The Balaban J connectivity index is 0.00000196. The number of rotatable bonds is 4. The highest BCUT2D eigenvalue weighted by molar-refractivity contribution is 6.76. The first-order valence-electron chi connectivity index (χ1n) is 5.41. The highest BCUT2D eigenvalue weighted by Crippen LogP contribution is 2.13. The van der Waals surface area contributed by atoms with Crippen molar-refractivity contribution in [2.75, 3.05) is 0 Å². The zero-order valence-corrected chi connectivity index (χ0v) is 12.0. The van der Waals surface area contributed by atoms with Crippen molar-refractivity contribution >= 4 is 8.07 Å². The predicted molar refractivity (Wildman–Crippen MR) is 64.1 cm³/mol. The van der Waals surface area contributed by atoms with Gasteiger partial charge in [-0.2, -0.15) is 0 Å². The highest BCUT2D eigenvalue weighted by Gasteiger charge is 2.12. The molecule has 0 saturated heterocycles. The third-order valence-electron chi connectivity index (χ3n) is 2.39. The maximum atomic E-state index is 2.44. The Morgan fingerprint density at radius 2 is 1.93 bits per heavy atom. The first-order valence-corrected chi connectivity index (χ1v) is 9.12. The van der Waals surface area contributed by atoms with E-state index < -0.39 is 8.07 Å². The summed E-state index contributed by atoms with van der Waals surface area (Å²) in [5, 5.41) is 0. The van der Waals surface area contributed by atoms with Gasteiger partial charge in [0.2, 0.25) is 0 Å². The molecule has 86 valence electrons. The monoisotopic (exact) mass is 243 g/mol. The van der Waals surface area contributed by atoms with E-state index in [2.05, 4.69) is 55.8 Å². The Labute approximate surface area is 101 Å². The number of aryl methyl sites for hydroxylation is 2. The minimum absolute atomic E-state index is 0. The highest BCUT2D eigenvalue weighted by atomic mass is 35.5. The van der Waals surface area contributed by atoms with E-state index in [9.17, 15) is 0 Å². The SMILES string of the molecule is C[n+]1cccc(CCC[Si](C)(C)C)c1.[Cl-]. The molecule has 0 aromatic carbocycles.